The maximum absolute atomic E-state index is 13.2. The van der Waals surface area contributed by atoms with Gasteiger partial charge in [0.05, 0.1) is 31.9 Å². The van der Waals surface area contributed by atoms with Crippen molar-refractivity contribution in [2.75, 3.05) is 40.6 Å². The Morgan fingerprint density at radius 2 is 1.69 bits per heavy atom. The van der Waals surface area contributed by atoms with Gasteiger partial charge in [0, 0.05) is 25.8 Å². The van der Waals surface area contributed by atoms with Crippen LogP contribution in [0.4, 0.5) is 0 Å². The van der Waals surface area contributed by atoms with Gasteiger partial charge in [-0.25, -0.2) is 0 Å². The zero-order chi connectivity index (χ0) is 26.1. The van der Waals surface area contributed by atoms with E-state index in [1.807, 2.05) is 13.0 Å². The van der Waals surface area contributed by atoms with Gasteiger partial charge < -0.3 is 29.0 Å². The van der Waals surface area contributed by atoms with Gasteiger partial charge in [0.2, 0.25) is 0 Å². The average Bonchev–Trinajstić information content (AvgIpc) is 3.14. The van der Waals surface area contributed by atoms with E-state index in [4.69, 9.17) is 18.9 Å². The van der Waals surface area contributed by atoms with E-state index in [2.05, 4.69) is 6.92 Å². The van der Waals surface area contributed by atoms with Crippen molar-refractivity contribution in [2.24, 2.45) is 0 Å². The molecule has 1 atom stereocenters. The first-order chi connectivity index (χ1) is 17.5. The number of benzene rings is 2. The lowest BCUT2D eigenvalue weighted by atomic mass is 9.95. The number of methoxy groups -OCH3 is 2. The van der Waals surface area contributed by atoms with Crippen LogP contribution < -0.4 is 14.2 Å². The Hall–Kier alpha value is -3.52. The number of hydrogen-bond acceptors (Lipinski definition) is 7. The van der Waals surface area contributed by atoms with Gasteiger partial charge in [0.15, 0.2) is 11.5 Å². The number of nitrogens with zero attached hydrogens (tertiary/aromatic N) is 1. The van der Waals surface area contributed by atoms with E-state index in [-0.39, 0.29) is 11.3 Å². The molecule has 1 unspecified atom stereocenters. The number of amides is 1. The molecule has 1 amide bonds. The monoisotopic (exact) mass is 497 g/mol. The quantitative estimate of drug-likeness (QED) is 0.185. The first-order valence-corrected chi connectivity index (χ1v) is 12.3. The van der Waals surface area contributed by atoms with Crippen molar-refractivity contribution in [3.63, 3.8) is 0 Å². The molecule has 1 N–H and O–H groups in total. The molecule has 0 saturated carbocycles. The van der Waals surface area contributed by atoms with Gasteiger partial charge in [-0.2, -0.15) is 0 Å². The summed E-state index contributed by atoms with van der Waals surface area (Å²) in [5, 5.41) is 11.2. The van der Waals surface area contributed by atoms with E-state index in [1.54, 1.807) is 50.6 Å². The standard InChI is InChI=1S/C28H35NO7/c1-5-7-17-36-22-14-11-20(18-23(22)35-6-2)25-24(26(30)19-9-12-21(34-4)13-10-19)27(31)28(32)29(25)15-8-16-33-3/h9-14,18,25,30H,5-8,15-17H2,1-4H3/b26-24+. The second-order valence-corrected chi connectivity index (χ2v) is 8.41. The summed E-state index contributed by atoms with van der Waals surface area (Å²) in [6.07, 6.45) is 2.46. The normalized spacial score (nSPS) is 16.9. The van der Waals surface area contributed by atoms with Crippen molar-refractivity contribution in [2.45, 2.75) is 39.2 Å². The minimum absolute atomic E-state index is 0.0321. The maximum Gasteiger partial charge on any atom is 0.295 e. The predicted molar refractivity (Wildman–Crippen MR) is 137 cm³/mol. The van der Waals surface area contributed by atoms with E-state index in [9.17, 15) is 14.7 Å². The highest BCUT2D eigenvalue weighted by molar-refractivity contribution is 6.46. The number of ketones is 1. The molecule has 0 bridgehead atoms. The largest absolute Gasteiger partial charge is 0.507 e. The van der Waals surface area contributed by atoms with Gasteiger partial charge in [-0.1, -0.05) is 19.4 Å². The fraction of sp³-hybridized carbons (Fsp3) is 0.429. The van der Waals surface area contributed by atoms with Crippen molar-refractivity contribution in [3.05, 3.63) is 59.2 Å². The average molecular weight is 498 g/mol. The molecule has 2 aromatic rings. The molecule has 1 aliphatic heterocycles. The Morgan fingerprint density at radius 3 is 2.33 bits per heavy atom. The van der Waals surface area contributed by atoms with Crippen molar-refractivity contribution >= 4 is 17.4 Å². The number of carbonyl (C=O) groups excluding carboxylic acids is 2. The Labute approximate surface area is 212 Å². The fourth-order valence-electron chi connectivity index (χ4n) is 4.15. The van der Waals surface area contributed by atoms with Gasteiger partial charge in [0.1, 0.15) is 11.5 Å². The molecule has 36 heavy (non-hydrogen) atoms. The van der Waals surface area contributed by atoms with Crippen LogP contribution in [0.5, 0.6) is 17.2 Å². The summed E-state index contributed by atoms with van der Waals surface area (Å²) < 4.78 is 22.1. The molecule has 0 aromatic heterocycles. The number of ether oxygens (including phenoxy) is 4. The second kappa shape index (κ2) is 13.0. The number of hydrogen-bond donors (Lipinski definition) is 1. The Kier molecular flexibility index (Phi) is 9.76. The van der Waals surface area contributed by atoms with E-state index in [0.29, 0.717) is 61.2 Å². The first kappa shape index (κ1) is 27.1. The summed E-state index contributed by atoms with van der Waals surface area (Å²) in [7, 11) is 3.13. The van der Waals surface area contributed by atoms with Crippen molar-refractivity contribution in [1.29, 1.82) is 0 Å². The van der Waals surface area contributed by atoms with Crippen molar-refractivity contribution in [3.8, 4) is 17.2 Å². The summed E-state index contributed by atoms with van der Waals surface area (Å²) in [5.41, 5.74) is 1.10. The van der Waals surface area contributed by atoms with Crippen LogP contribution in [-0.2, 0) is 14.3 Å². The highest BCUT2D eigenvalue weighted by atomic mass is 16.5. The van der Waals surface area contributed by atoms with E-state index >= 15 is 0 Å². The summed E-state index contributed by atoms with van der Waals surface area (Å²) in [6, 6.07) is 11.3. The molecule has 3 rings (SSSR count). The smallest absolute Gasteiger partial charge is 0.295 e. The number of aliphatic hydroxyl groups excluding tert-OH is 1. The number of Topliss-reactive ketones (excluding diaryl/α,β-unsaturated/α-hetero) is 1. The van der Waals surface area contributed by atoms with Crippen LogP contribution in [0.2, 0.25) is 0 Å². The molecule has 194 valence electrons. The summed E-state index contributed by atoms with van der Waals surface area (Å²) in [5.74, 6) is 0.109. The predicted octanol–water partition coefficient (Wildman–Crippen LogP) is 4.73. The van der Waals surface area contributed by atoms with Gasteiger partial charge in [0.25, 0.3) is 11.7 Å². The molecule has 1 fully saturated rings. The lowest BCUT2D eigenvalue weighted by Crippen LogP contribution is -2.31. The molecular formula is C28H35NO7. The topological polar surface area (TPSA) is 94.5 Å². The third-order valence-electron chi connectivity index (χ3n) is 5.99. The second-order valence-electron chi connectivity index (χ2n) is 8.41. The number of rotatable bonds is 13. The lowest BCUT2D eigenvalue weighted by molar-refractivity contribution is -0.140. The number of unbranched alkanes of at least 4 members (excludes halogenated alkanes) is 1. The SMILES string of the molecule is CCCCOc1ccc(C2/C(=C(\O)c3ccc(OC)cc3)C(=O)C(=O)N2CCCOC)cc1OCC. The zero-order valence-electron chi connectivity index (χ0n) is 21.4. The fourth-order valence-corrected chi connectivity index (χ4v) is 4.15. The van der Waals surface area contributed by atoms with Gasteiger partial charge in [-0.05, 0) is 61.7 Å². The lowest BCUT2D eigenvalue weighted by Gasteiger charge is -2.26. The van der Waals surface area contributed by atoms with Crippen LogP contribution in [0.15, 0.2) is 48.0 Å². The minimum atomic E-state index is -0.784. The third-order valence-corrected chi connectivity index (χ3v) is 5.99. The highest BCUT2D eigenvalue weighted by Gasteiger charge is 2.46. The van der Waals surface area contributed by atoms with Crippen LogP contribution in [0, 0.1) is 0 Å². The van der Waals surface area contributed by atoms with Crippen molar-refractivity contribution < 1.29 is 33.6 Å². The molecule has 8 heteroatoms. The van der Waals surface area contributed by atoms with Crippen LogP contribution in [0.1, 0.15) is 50.3 Å². The molecule has 0 aliphatic carbocycles. The third kappa shape index (κ3) is 5.99. The van der Waals surface area contributed by atoms with Gasteiger partial charge >= 0.3 is 0 Å². The zero-order valence-corrected chi connectivity index (χ0v) is 21.4. The Bertz CT molecular complexity index is 1080. The Balaban J connectivity index is 2.10. The van der Waals surface area contributed by atoms with Crippen LogP contribution in [0.3, 0.4) is 0 Å². The van der Waals surface area contributed by atoms with E-state index < -0.39 is 17.7 Å². The van der Waals surface area contributed by atoms with Gasteiger partial charge in [-0.15, -0.1) is 0 Å². The summed E-state index contributed by atoms with van der Waals surface area (Å²) in [4.78, 5) is 27.8. The van der Waals surface area contributed by atoms with E-state index in [1.165, 1.54) is 4.90 Å². The molecule has 1 saturated heterocycles. The van der Waals surface area contributed by atoms with E-state index in [0.717, 1.165) is 12.8 Å². The molecule has 1 heterocycles. The van der Waals surface area contributed by atoms with Crippen LogP contribution >= 0.6 is 0 Å². The number of carbonyl (C=O) groups is 2. The van der Waals surface area contributed by atoms with Crippen molar-refractivity contribution in [1.82, 2.24) is 4.90 Å². The number of aliphatic hydroxyl groups is 1. The minimum Gasteiger partial charge on any atom is -0.507 e. The first-order valence-electron chi connectivity index (χ1n) is 12.3. The van der Waals surface area contributed by atoms with Crippen LogP contribution in [0.25, 0.3) is 5.76 Å². The Morgan fingerprint density at radius 1 is 0.944 bits per heavy atom. The molecule has 8 nitrogen and oxygen atoms in total. The summed E-state index contributed by atoms with van der Waals surface area (Å²) in [6.45, 7) is 5.68. The summed E-state index contributed by atoms with van der Waals surface area (Å²) >= 11 is 0. The highest BCUT2D eigenvalue weighted by Crippen LogP contribution is 2.42. The van der Waals surface area contributed by atoms with Gasteiger partial charge in [-0.3, -0.25) is 9.59 Å². The molecular weight excluding hydrogens is 462 g/mol. The maximum atomic E-state index is 13.2. The molecule has 2 aromatic carbocycles. The number of likely N-dealkylation sites (tertiary alicyclic amines) is 1. The molecule has 0 spiro atoms. The van der Waals surface area contributed by atoms with Crippen LogP contribution in [-0.4, -0.2) is 62.3 Å². The molecule has 1 aliphatic rings. The molecule has 0 radical (unpaired) electrons.